The lowest BCUT2D eigenvalue weighted by molar-refractivity contribution is 0.0537. The van der Waals surface area contributed by atoms with Crippen molar-refractivity contribution in [1.29, 1.82) is 0 Å². The standard InChI is InChI=1S/C7H8N2O2/c1-11-9-7(10)6-3-2-4-8-5-6/h2-5H,1H3,(H,9,10). The third-order valence-corrected chi connectivity index (χ3v) is 1.12. The summed E-state index contributed by atoms with van der Waals surface area (Å²) in [5, 5.41) is 0. The normalized spacial score (nSPS) is 9.18. The number of amides is 1. The fraction of sp³-hybridized carbons (Fsp3) is 0.143. The second kappa shape index (κ2) is 3.68. The van der Waals surface area contributed by atoms with E-state index in [0.717, 1.165) is 0 Å². The molecule has 1 rings (SSSR count). The number of nitrogens with zero attached hydrogens (tertiary/aromatic N) is 1. The van der Waals surface area contributed by atoms with E-state index in [1.165, 1.54) is 13.3 Å². The second-order valence-corrected chi connectivity index (χ2v) is 1.88. The Bertz CT molecular complexity index is 235. The monoisotopic (exact) mass is 152 g/mol. The van der Waals surface area contributed by atoms with E-state index in [1.54, 1.807) is 18.3 Å². The number of nitrogens with one attached hydrogen (secondary N) is 1. The van der Waals surface area contributed by atoms with Crippen LogP contribution in [-0.2, 0) is 4.84 Å². The molecule has 0 unspecified atom stereocenters. The van der Waals surface area contributed by atoms with Crippen molar-refractivity contribution in [2.75, 3.05) is 7.11 Å². The van der Waals surface area contributed by atoms with Gasteiger partial charge in [-0.1, -0.05) is 0 Å². The van der Waals surface area contributed by atoms with Gasteiger partial charge < -0.3 is 0 Å². The molecular formula is C7H8N2O2. The first kappa shape index (κ1) is 7.68. The highest BCUT2D eigenvalue weighted by Gasteiger charge is 2.01. The smallest absolute Gasteiger partial charge is 0.276 e. The highest BCUT2D eigenvalue weighted by molar-refractivity contribution is 5.92. The molecule has 0 atom stereocenters. The molecule has 0 aliphatic heterocycles. The molecule has 58 valence electrons. The van der Waals surface area contributed by atoms with Crippen LogP contribution in [0.4, 0.5) is 0 Å². The second-order valence-electron chi connectivity index (χ2n) is 1.88. The van der Waals surface area contributed by atoms with Crippen LogP contribution in [0.5, 0.6) is 0 Å². The lowest BCUT2D eigenvalue weighted by Crippen LogP contribution is -2.21. The maximum Gasteiger partial charge on any atom is 0.276 e. The Labute approximate surface area is 64.2 Å². The molecule has 4 nitrogen and oxygen atoms in total. The van der Waals surface area contributed by atoms with E-state index in [9.17, 15) is 4.79 Å². The van der Waals surface area contributed by atoms with Crippen LogP contribution >= 0.6 is 0 Å². The number of carbonyl (C=O) groups excluding carboxylic acids is 1. The molecule has 0 radical (unpaired) electrons. The van der Waals surface area contributed by atoms with Gasteiger partial charge in [-0.25, -0.2) is 5.48 Å². The van der Waals surface area contributed by atoms with Crippen LogP contribution in [0.2, 0.25) is 0 Å². The van der Waals surface area contributed by atoms with Crippen molar-refractivity contribution >= 4 is 5.91 Å². The van der Waals surface area contributed by atoms with Gasteiger partial charge in [-0.2, -0.15) is 0 Å². The average Bonchev–Trinajstić information content (AvgIpc) is 2.07. The Morgan fingerprint density at radius 2 is 2.55 bits per heavy atom. The molecule has 1 aromatic heterocycles. The van der Waals surface area contributed by atoms with E-state index >= 15 is 0 Å². The maximum absolute atomic E-state index is 11.0. The van der Waals surface area contributed by atoms with E-state index in [4.69, 9.17) is 0 Å². The van der Waals surface area contributed by atoms with Crippen LogP contribution in [0.3, 0.4) is 0 Å². The quantitative estimate of drug-likeness (QED) is 0.623. The molecule has 4 heteroatoms. The summed E-state index contributed by atoms with van der Waals surface area (Å²) >= 11 is 0. The van der Waals surface area contributed by atoms with Crippen molar-refractivity contribution in [3.05, 3.63) is 30.1 Å². The summed E-state index contributed by atoms with van der Waals surface area (Å²) in [4.78, 5) is 19.2. The highest BCUT2D eigenvalue weighted by atomic mass is 16.6. The Hall–Kier alpha value is -1.42. The first-order valence-electron chi connectivity index (χ1n) is 3.08. The van der Waals surface area contributed by atoms with Crippen LogP contribution in [0, 0.1) is 0 Å². The SMILES string of the molecule is CONC(=O)c1cccnc1. The molecule has 1 aromatic rings. The molecule has 0 saturated carbocycles. The maximum atomic E-state index is 11.0. The van der Waals surface area contributed by atoms with Gasteiger partial charge in [0.2, 0.25) is 0 Å². The number of carbonyl (C=O) groups is 1. The Morgan fingerprint density at radius 3 is 3.09 bits per heavy atom. The minimum absolute atomic E-state index is 0.291. The molecule has 0 aliphatic carbocycles. The molecule has 0 saturated heterocycles. The topological polar surface area (TPSA) is 51.2 Å². The molecule has 0 aliphatic rings. The lowest BCUT2D eigenvalue weighted by atomic mass is 10.3. The van der Waals surface area contributed by atoms with E-state index in [-0.39, 0.29) is 5.91 Å². The molecule has 11 heavy (non-hydrogen) atoms. The Morgan fingerprint density at radius 1 is 1.73 bits per heavy atom. The van der Waals surface area contributed by atoms with Crippen molar-refractivity contribution in [3.8, 4) is 0 Å². The molecule has 0 aromatic carbocycles. The fourth-order valence-corrected chi connectivity index (χ4v) is 0.649. The molecule has 1 N–H and O–H groups in total. The first-order valence-corrected chi connectivity index (χ1v) is 3.08. The summed E-state index contributed by atoms with van der Waals surface area (Å²) in [6.07, 6.45) is 3.07. The highest BCUT2D eigenvalue weighted by Crippen LogP contribution is 1.93. The van der Waals surface area contributed by atoms with Crippen molar-refractivity contribution < 1.29 is 9.63 Å². The van der Waals surface area contributed by atoms with Gasteiger partial charge in [0.25, 0.3) is 5.91 Å². The predicted molar refractivity (Wildman–Crippen MR) is 38.7 cm³/mol. The van der Waals surface area contributed by atoms with E-state index < -0.39 is 0 Å². The van der Waals surface area contributed by atoms with Crippen molar-refractivity contribution in [1.82, 2.24) is 10.5 Å². The van der Waals surface area contributed by atoms with E-state index in [1.807, 2.05) is 0 Å². The van der Waals surface area contributed by atoms with Crippen LogP contribution in [0.1, 0.15) is 10.4 Å². The number of hydrogen-bond donors (Lipinski definition) is 1. The molecule has 1 heterocycles. The van der Waals surface area contributed by atoms with E-state index in [2.05, 4.69) is 15.3 Å². The summed E-state index contributed by atoms with van der Waals surface area (Å²) < 4.78 is 0. The molecule has 0 fully saturated rings. The first-order chi connectivity index (χ1) is 5.34. The third kappa shape index (κ3) is 2.01. The van der Waals surface area contributed by atoms with Gasteiger partial charge in [0.05, 0.1) is 12.7 Å². The zero-order valence-electron chi connectivity index (χ0n) is 6.07. The molecule has 1 amide bonds. The summed E-state index contributed by atoms with van der Waals surface area (Å²) in [6.45, 7) is 0. The van der Waals surface area contributed by atoms with Crippen molar-refractivity contribution in [2.45, 2.75) is 0 Å². The number of hydroxylamine groups is 1. The third-order valence-electron chi connectivity index (χ3n) is 1.12. The lowest BCUT2D eigenvalue weighted by Gasteiger charge is -1.99. The Balaban J connectivity index is 2.69. The van der Waals surface area contributed by atoms with Crippen LogP contribution in [0.15, 0.2) is 24.5 Å². The summed E-state index contributed by atoms with van der Waals surface area (Å²) in [6, 6.07) is 3.34. The van der Waals surface area contributed by atoms with Gasteiger partial charge in [0, 0.05) is 12.4 Å². The van der Waals surface area contributed by atoms with Crippen LogP contribution in [0.25, 0.3) is 0 Å². The van der Waals surface area contributed by atoms with Crippen molar-refractivity contribution in [2.24, 2.45) is 0 Å². The predicted octanol–water partition coefficient (Wildman–Crippen LogP) is 0.373. The van der Waals surface area contributed by atoms with Crippen LogP contribution < -0.4 is 5.48 Å². The summed E-state index contributed by atoms with van der Waals surface area (Å²) in [5.74, 6) is -0.291. The van der Waals surface area contributed by atoms with Gasteiger partial charge in [0.1, 0.15) is 0 Å². The van der Waals surface area contributed by atoms with Crippen LogP contribution in [-0.4, -0.2) is 18.0 Å². The largest absolute Gasteiger partial charge is 0.277 e. The molecule has 0 spiro atoms. The number of rotatable bonds is 2. The zero-order chi connectivity index (χ0) is 8.10. The average molecular weight is 152 g/mol. The van der Waals surface area contributed by atoms with Gasteiger partial charge >= 0.3 is 0 Å². The van der Waals surface area contributed by atoms with Gasteiger partial charge in [-0.05, 0) is 12.1 Å². The van der Waals surface area contributed by atoms with Gasteiger partial charge in [-0.3, -0.25) is 14.6 Å². The molecular weight excluding hydrogens is 144 g/mol. The summed E-state index contributed by atoms with van der Waals surface area (Å²) in [5.41, 5.74) is 2.66. The van der Waals surface area contributed by atoms with Gasteiger partial charge in [-0.15, -0.1) is 0 Å². The number of pyridine rings is 1. The summed E-state index contributed by atoms with van der Waals surface area (Å²) in [7, 11) is 1.38. The zero-order valence-corrected chi connectivity index (χ0v) is 6.07. The number of hydrogen-bond acceptors (Lipinski definition) is 3. The fourth-order valence-electron chi connectivity index (χ4n) is 0.649. The minimum atomic E-state index is -0.291. The van der Waals surface area contributed by atoms with Crippen molar-refractivity contribution in [3.63, 3.8) is 0 Å². The van der Waals surface area contributed by atoms with E-state index in [0.29, 0.717) is 5.56 Å². The minimum Gasteiger partial charge on any atom is -0.277 e. The van der Waals surface area contributed by atoms with Gasteiger partial charge in [0.15, 0.2) is 0 Å². The Kier molecular flexibility index (Phi) is 2.57. The number of aromatic nitrogens is 1. The molecule has 0 bridgehead atoms.